The maximum absolute atomic E-state index is 3.89. The summed E-state index contributed by atoms with van der Waals surface area (Å²) in [6, 6.07) is 6.79. The van der Waals surface area contributed by atoms with Crippen LogP contribution >= 0.6 is 0 Å². The van der Waals surface area contributed by atoms with Crippen molar-refractivity contribution in [1.82, 2.24) is 9.47 Å². The molecule has 0 saturated heterocycles. The fourth-order valence-electron chi connectivity index (χ4n) is 3.04. The molecule has 1 aliphatic heterocycles. The van der Waals surface area contributed by atoms with Crippen LogP contribution in [0.4, 0.5) is 0 Å². The molecule has 0 saturated carbocycles. The summed E-state index contributed by atoms with van der Waals surface area (Å²) in [6.45, 7) is 9.20. The van der Waals surface area contributed by atoms with E-state index in [1.54, 1.807) is 0 Å². The summed E-state index contributed by atoms with van der Waals surface area (Å²) in [6.07, 6.45) is 3.14. The number of benzene rings is 1. The van der Waals surface area contributed by atoms with E-state index >= 15 is 0 Å². The Morgan fingerprint density at radius 3 is 3.00 bits per heavy atom. The van der Waals surface area contributed by atoms with Crippen LogP contribution in [0.5, 0.6) is 0 Å². The number of hydrogen-bond donors (Lipinski definition) is 0. The Morgan fingerprint density at radius 2 is 2.22 bits per heavy atom. The maximum atomic E-state index is 3.89. The molecule has 2 nitrogen and oxygen atoms in total. The van der Waals surface area contributed by atoms with Crippen molar-refractivity contribution >= 4 is 10.9 Å². The number of rotatable bonds is 2. The van der Waals surface area contributed by atoms with Crippen molar-refractivity contribution in [1.29, 1.82) is 0 Å². The van der Waals surface area contributed by atoms with Crippen LogP contribution in [-0.4, -0.2) is 23.1 Å². The van der Waals surface area contributed by atoms with Crippen LogP contribution in [0.3, 0.4) is 0 Å². The van der Waals surface area contributed by atoms with Crippen molar-refractivity contribution < 1.29 is 0 Å². The molecular formula is C16H20N2. The van der Waals surface area contributed by atoms with Gasteiger partial charge in [0, 0.05) is 42.7 Å². The first-order chi connectivity index (χ1) is 8.70. The SMILES string of the molecule is C=CCn1c2c(c3cc(C)ccc31)CN(C)CC2. The van der Waals surface area contributed by atoms with Crippen LogP contribution < -0.4 is 0 Å². The summed E-state index contributed by atoms with van der Waals surface area (Å²) in [5, 5.41) is 1.43. The molecule has 0 aliphatic carbocycles. The fraction of sp³-hybridized carbons (Fsp3) is 0.375. The van der Waals surface area contributed by atoms with Crippen LogP contribution in [0, 0.1) is 6.92 Å². The van der Waals surface area contributed by atoms with Crippen molar-refractivity contribution in [2.24, 2.45) is 0 Å². The third-order valence-electron chi connectivity index (χ3n) is 3.91. The predicted octanol–water partition coefficient (Wildman–Crippen LogP) is 3.12. The molecule has 2 heteroatoms. The lowest BCUT2D eigenvalue weighted by atomic mass is 10.0. The number of aryl methyl sites for hydroxylation is 1. The third kappa shape index (κ3) is 1.68. The topological polar surface area (TPSA) is 8.17 Å². The molecule has 1 aromatic heterocycles. The zero-order valence-corrected chi connectivity index (χ0v) is 11.2. The highest BCUT2D eigenvalue weighted by atomic mass is 15.1. The van der Waals surface area contributed by atoms with Crippen LogP contribution in [0.15, 0.2) is 30.9 Å². The minimum Gasteiger partial charge on any atom is -0.340 e. The normalized spacial score (nSPS) is 15.9. The van der Waals surface area contributed by atoms with E-state index in [2.05, 4.69) is 48.2 Å². The van der Waals surface area contributed by atoms with Crippen molar-refractivity contribution in [3.8, 4) is 0 Å². The second kappa shape index (κ2) is 4.29. The predicted molar refractivity (Wildman–Crippen MR) is 76.9 cm³/mol. The molecular weight excluding hydrogens is 220 g/mol. The first kappa shape index (κ1) is 11.5. The Morgan fingerprint density at radius 1 is 1.39 bits per heavy atom. The number of allylic oxidation sites excluding steroid dienone is 1. The standard InChI is InChI=1S/C16H20N2/c1-4-8-18-15-6-5-12(2)10-13(15)14-11-17(3)9-7-16(14)18/h4-6,10H,1,7-9,11H2,2-3H3. The molecule has 0 bridgehead atoms. The fourth-order valence-corrected chi connectivity index (χ4v) is 3.04. The van der Waals surface area contributed by atoms with E-state index in [-0.39, 0.29) is 0 Å². The highest BCUT2D eigenvalue weighted by Crippen LogP contribution is 2.31. The summed E-state index contributed by atoms with van der Waals surface area (Å²) in [7, 11) is 2.20. The molecule has 0 N–H and O–H groups in total. The van der Waals surface area contributed by atoms with Gasteiger partial charge in [0.05, 0.1) is 0 Å². The molecule has 1 aromatic carbocycles. The van der Waals surface area contributed by atoms with Crippen molar-refractivity contribution in [3.63, 3.8) is 0 Å². The van der Waals surface area contributed by atoms with E-state index in [1.165, 1.54) is 27.7 Å². The zero-order valence-electron chi connectivity index (χ0n) is 11.2. The zero-order chi connectivity index (χ0) is 12.7. The van der Waals surface area contributed by atoms with Gasteiger partial charge in [-0.3, -0.25) is 0 Å². The summed E-state index contributed by atoms with van der Waals surface area (Å²) < 4.78 is 2.43. The highest BCUT2D eigenvalue weighted by molar-refractivity contribution is 5.86. The van der Waals surface area contributed by atoms with Crippen LogP contribution in [0.25, 0.3) is 10.9 Å². The molecule has 2 aromatic rings. The molecule has 0 amide bonds. The number of aromatic nitrogens is 1. The number of nitrogens with zero attached hydrogens (tertiary/aromatic N) is 2. The molecule has 1 aliphatic rings. The molecule has 0 spiro atoms. The van der Waals surface area contributed by atoms with Crippen molar-refractivity contribution in [2.45, 2.75) is 26.4 Å². The smallest absolute Gasteiger partial charge is 0.0489 e. The summed E-state index contributed by atoms with van der Waals surface area (Å²) in [4.78, 5) is 2.41. The second-order valence-corrected chi connectivity index (χ2v) is 5.33. The van der Waals surface area contributed by atoms with Gasteiger partial charge in [0.25, 0.3) is 0 Å². The van der Waals surface area contributed by atoms with Crippen LogP contribution in [0.1, 0.15) is 16.8 Å². The second-order valence-electron chi connectivity index (χ2n) is 5.33. The molecule has 94 valence electrons. The molecule has 2 heterocycles. The van der Waals surface area contributed by atoms with Gasteiger partial charge in [-0.05, 0) is 31.7 Å². The lowest BCUT2D eigenvalue weighted by molar-refractivity contribution is 0.310. The first-order valence-corrected chi connectivity index (χ1v) is 6.60. The molecule has 0 radical (unpaired) electrons. The Kier molecular flexibility index (Phi) is 2.75. The van der Waals surface area contributed by atoms with Crippen LogP contribution in [0.2, 0.25) is 0 Å². The monoisotopic (exact) mass is 240 g/mol. The maximum Gasteiger partial charge on any atom is 0.0489 e. The van der Waals surface area contributed by atoms with Gasteiger partial charge in [0.1, 0.15) is 0 Å². The molecule has 3 rings (SSSR count). The van der Waals surface area contributed by atoms with Gasteiger partial charge >= 0.3 is 0 Å². The van der Waals surface area contributed by atoms with E-state index in [0.717, 1.165) is 26.1 Å². The summed E-state index contributed by atoms with van der Waals surface area (Å²) in [5.41, 5.74) is 5.73. The average Bonchev–Trinajstić information content (AvgIpc) is 2.64. The summed E-state index contributed by atoms with van der Waals surface area (Å²) in [5.74, 6) is 0. The van der Waals surface area contributed by atoms with E-state index in [0.29, 0.717) is 0 Å². The number of fused-ring (bicyclic) bond motifs is 3. The van der Waals surface area contributed by atoms with Gasteiger partial charge in [-0.2, -0.15) is 0 Å². The molecule has 0 atom stereocenters. The van der Waals surface area contributed by atoms with Crippen LogP contribution in [-0.2, 0) is 19.5 Å². The number of likely N-dealkylation sites (N-methyl/N-ethyl adjacent to an activating group) is 1. The van der Waals surface area contributed by atoms with Gasteiger partial charge in [0.15, 0.2) is 0 Å². The Bertz CT molecular complexity index is 607. The van der Waals surface area contributed by atoms with E-state index in [1.807, 2.05) is 6.08 Å². The highest BCUT2D eigenvalue weighted by Gasteiger charge is 2.21. The third-order valence-corrected chi connectivity index (χ3v) is 3.91. The molecule has 18 heavy (non-hydrogen) atoms. The Balaban J connectivity index is 2.29. The average molecular weight is 240 g/mol. The minimum atomic E-state index is 0.915. The van der Waals surface area contributed by atoms with Gasteiger partial charge in [-0.1, -0.05) is 17.7 Å². The van der Waals surface area contributed by atoms with Gasteiger partial charge < -0.3 is 9.47 Å². The molecule has 0 unspecified atom stereocenters. The van der Waals surface area contributed by atoms with Gasteiger partial charge in [-0.25, -0.2) is 0 Å². The molecule has 0 fully saturated rings. The Labute approximate surface area is 109 Å². The minimum absolute atomic E-state index is 0.915. The quantitative estimate of drug-likeness (QED) is 0.732. The first-order valence-electron chi connectivity index (χ1n) is 6.60. The lowest BCUT2D eigenvalue weighted by Gasteiger charge is -2.24. The number of hydrogen-bond acceptors (Lipinski definition) is 1. The van der Waals surface area contributed by atoms with Crippen molar-refractivity contribution in [3.05, 3.63) is 47.7 Å². The van der Waals surface area contributed by atoms with E-state index in [9.17, 15) is 0 Å². The van der Waals surface area contributed by atoms with Gasteiger partial charge in [-0.15, -0.1) is 6.58 Å². The largest absolute Gasteiger partial charge is 0.340 e. The van der Waals surface area contributed by atoms with Crippen molar-refractivity contribution in [2.75, 3.05) is 13.6 Å². The summed E-state index contributed by atoms with van der Waals surface area (Å²) >= 11 is 0. The Hall–Kier alpha value is -1.54. The lowest BCUT2D eigenvalue weighted by Crippen LogP contribution is -2.27. The van der Waals surface area contributed by atoms with Gasteiger partial charge in [0.2, 0.25) is 0 Å². The van der Waals surface area contributed by atoms with E-state index < -0.39 is 0 Å². The van der Waals surface area contributed by atoms with E-state index in [4.69, 9.17) is 0 Å².